The highest BCUT2D eigenvalue weighted by molar-refractivity contribution is 7.80. The molecule has 2 heteroatoms. The molecule has 0 fully saturated rings. The predicted molar refractivity (Wildman–Crippen MR) is 68.7 cm³/mol. The standard InChI is InChI=1S/C13H19NS/c1-3-5-13(15)12-9-8-11-7-4-6-10(2)14(11)12/h8-10H,3-7H2,1-2H3/t10-/m1/s1. The average molecular weight is 221 g/mol. The van der Waals surface area contributed by atoms with Gasteiger partial charge in [-0.3, -0.25) is 0 Å². The Bertz CT molecular complexity index is 365. The van der Waals surface area contributed by atoms with Gasteiger partial charge in [-0.25, -0.2) is 0 Å². The molecule has 82 valence electrons. The monoisotopic (exact) mass is 221 g/mol. The van der Waals surface area contributed by atoms with Crippen molar-refractivity contribution in [1.82, 2.24) is 4.57 Å². The minimum Gasteiger partial charge on any atom is -0.341 e. The summed E-state index contributed by atoms with van der Waals surface area (Å²) < 4.78 is 2.46. The molecule has 1 aliphatic rings. The molecule has 0 saturated carbocycles. The first-order chi connectivity index (χ1) is 7.24. The number of fused-ring (bicyclic) bond motifs is 1. The second-order valence-electron chi connectivity index (χ2n) is 4.49. The Labute approximate surface area is 97.5 Å². The normalized spacial score (nSPS) is 20.0. The summed E-state index contributed by atoms with van der Waals surface area (Å²) in [6.45, 7) is 4.50. The Morgan fingerprint density at radius 2 is 2.33 bits per heavy atom. The van der Waals surface area contributed by atoms with Crippen LogP contribution < -0.4 is 0 Å². The van der Waals surface area contributed by atoms with E-state index in [-0.39, 0.29) is 0 Å². The van der Waals surface area contributed by atoms with Gasteiger partial charge < -0.3 is 4.57 Å². The van der Waals surface area contributed by atoms with Crippen molar-refractivity contribution in [2.24, 2.45) is 0 Å². The molecule has 0 N–H and O–H groups in total. The van der Waals surface area contributed by atoms with E-state index >= 15 is 0 Å². The van der Waals surface area contributed by atoms with Crippen LogP contribution in [-0.4, -0.2) is 9.43 Å². The summed E-state index contributed by atoms with van der Waals surface area (Å²) in [7, 11) is 0. The van der Waals surface area contributed by atoms with Crippen LogP contribution in [0.4, 0.5) is 0 Å². The topological polar surface area (TPSA) is 4.93 Å². The Kier molecular flexibility index (Phi) is 3.25. The maximum Gasteiger partial charge on any atom is 0.0553 e. The first-order valence-corrected chi connectivity index (χ1v) is 6.38. The molecule has 1 aromatic rings. The quantitative estimate of drug-likeness (QED) is 0.553. The predicted octanol–water partition coefficient (Wildman–Crippen LogP) is 3.90. The van der Waals surface area contributed by atoms with Crippen molar-refractivity contribution >= 4 is 17.1 Å². The van der Waals surface area contributed by atoms with E-state index < -0.39 is 0 Å². The van der Waals surface area contributed by atoms with Crippen LogP contribution in [0.25, 0.3) is 0 Å². The summed E-state index contributed by atoms with van der Waals surface area (Å²) in [4.78, 5) is 1.14. The molecule has 0 unspecified atom stereocenters. The molecular formula is C13H19NS. The van der Waals surface area contributed by atoms with Crippen LogP contribution in [-0.2, 0) is 6.42 Å². The van der Waals surface area contributed by atoms with Crippen molar-refractivity contribution in [2.45, 2.75) is 52.0 Å². The smallest absolute Gasteiger partial charge is 0.0553 e. The number of aryl methyl sites for hydroxylation is 1. The van der Waals surface area contributed by atoms with Crippen molar-refractivity contribution < 1.29 is 0 Å². The van der Waals surface area contributed by atoms with Crippen LogP contribution >= 0.6 is 12.2 Å². The lowest BCUT2D eigenvalue weighted by Crippen LogP contribution is -2.19. The molecule has 2 rings (SSSR count). The lowest BCUT2D eigenvalue weighted by atomic mass is 10.0. The van der Waals surface area contributed by atoms with Gasteiger partial charge >= 0.3 is 0 Å². The van der Waals surface area contributed by atoms with Crippen molar-refractivity contribution in [3.05, 3.63) is 23.5 Å². The summed E-state index contributed by atoms with van der Waals surface area (Å²) in [5.41, 5.74) is 2.77. The number of hydrogen-bond acceptors (Lipinski definition) is 1. The van der Waals surface area contributed by atoms with Gasteiger partial charge in [-0.1, -0.05) is 25.6 Å². The van der Waals surface area contributed by atoms with E-state index in [2.05, 4.69) is 30.5 Å². The molecule has 1 aromatic heterocycles. The largest absolute Gasteiger partial charge is 0.341 e. The second-order valence-corrected chi connectivity index (χ2v) is 4.99. The minimum atomic E-state index is 0.633. The minimum absolute atomic E-state index is 0.633. The van der Waals surface area contributed by atoms with Gasteiger partial charge in [0.05, 0.1) is 5.69 Å². The molecule has 0 radical (unpaired) electrons. The van der Waals surface area contributed by atoms with Crippen LogP contribution in [0.5, 0.6) is 0 Å². The van der Waals surface area contributed by atoms with Gasteiger partial charge in [-0.2, -0.15) is 0 Å². The number of nitrogens with zero attached hydrogens (tertiary/aromatic N) is 1. The Balaban J connectivity index is 2.33. The SMILES string of the molecule is CCCC(=S)c1ccc2n1[C@H](C)CCC2. The van der Waals surface area contributed by atoms with E-state index in [4.69, 9.17) is 12.2 Å². The van der Waals surface area contributed by atoms with E-state index in [0.717, 1.165) is 17.7 Å². The molecule has 1 nitrogen and oxygen atoms in total. The van der Waals surface area contributed by atoms with Crippen molar-refractivity contribution in [1.29, 1.82) is 0 Å². The Hall–Kier alpha value is -0.630. The maximum atomic E-state index is 5.49. The molecule has 0 bridgehead atoms. The molecule has 1 aliphatic heterocycles. The van der Waals surface area contributed by atoms with Gasteiger partial charge in [0.2, 0.25) is 0 Å². The number of aromatic nitrogens is 1. The third-order valence-electron chi connectivity index (χ3n) is 3.26. The van der Waals surface area contributed by atoms with Crippen LogP contribution in [0.15, 0.2) is 12.1 Å². The second kappa shape index (κ2) is 4.48. The summed E-state index contributed by atoms with van der Waals surface area (Å²) in [5, 5.41) is 0. The maximum absolute atomic E-state index is 5.49. The third kappa shape index (κ3) is 2.00. The molecule has 0 aromatic carbocycles. The molecule has 0 aliphatic carbocycles. The molecule has 0 saturated heterocycles. The fourth-order valence-corrected chi connectivity index (χ4v) is 2.88. The zero-order chi connectivity index (χ0) is 10.8. The van der Waals surface area contributed by atoms with Crippen LogP contribution in [0, 0.1) is 0 Å². The number of hydrogen-bond donors (Lipinski definition) is 0. The fourth-order valence-electron chi connectivity index (χ4n) is 2.50. The first kappa shape index (κ1) is 10.9. The number of rotatable bonds is 3. The van der Waals surface area contributed by atoms with Crippen molar-refractivity contribution in [2.75, 3.05) is 0 Å². The van der Waals surface area contributed by atoms with Crippen molar-refractivity contribution in [3.63, 3.8) is 0 Å². The lowest BCUT2D eigenvalue weighted by Gasteiger charge is -2.25. The summed E-state index contributed by atoms with van der Waals surface area (Å²) in [6.07, 6.45) is 6.03. The highest BCUT2D eigenvalue weighted by Crippen LogP contribution is 2.28. The van der Waals surface area contributed by atoms with Crippen LogP contribution in [0.3, 0.4) is 0 Å². The van der Waals surface area contributed by atoms with E-state index in [1.807, 2.05) is 0 Å². The Morgan fingerprint density at radius 1 is 1.53 bits per heavy atom. The molecule has 0 amide bonds. The first-order valence-electron chi connectivity index (χ1n) is 5.97. The fraction of sp³-hybridized carbons (Fsp3) is 0.615. The Morgan fingerprint density at radius 3 is 3.07 bits per heavy atom. The van der Waals surface area contributed by atoms with E-state index in [1.165, 1.54) is 30.7 Å². The zero-order valence-corrected chi connectivity index (χ0v) is 10.4. The molecule has 0 spiro atoms. The van der Waals surface area contributed by atoms with E-state index in [0.29, 0.717) is 6.04 Å². The van der Waals surface area contributed by atoms with Gasteiger partial charge in [-0.05, 0) is 44.7 Å². The lowest BCUT2D eigenvalue weighted by molar-refractivity contribution is 0.431. The summed E-state index contributed by atoms with van der Waals surface area (Å²) in [5.74, 6) is 0. The van der Waals surface area contributed by atoms with Gasteiger partial charge in [-0.15, -0.1) is 0 Å². The van der Waals surface area contributed by atoms with Crippen molar-refractivity contribution in [3.8, 4) is 0 Å². The van der Waals surface area contributed by atoms with Crippen LogP contribution in [0.1, 0.15) is 57.0 Å². The summed E-state index contributed by atoms with van der Waals surface area (Å²) >= 11 is 5.49. The average Bonchev–Trinajstić information content (AvgIpc) is 2.63. The van der Waals surface area contributed by atoms with Gasteiger partial charge in [0, 0.05) is 16.6 Å². The third-order valence-corrected chi connectivity index (χ3v) is 3.67. The molecule has 15 heavy (non-hydrogen) atoms. The zero-order valence-electron chi connectivity index (χ0n) is 9.62. The highest BCUT2D eigenvalue weighted by atomic mass is 32.1. The van der Waals surface area contributed by atoms with E-state index in [1.54, 1.807) is 0 Å². The molecular weight excluding hydrogens is 202 g/mol. The number of thiocarbonyl (C=S) groups is 1. The molecule has 2 heterocycles. The van der Waals surface area contributed by atoms with Gasteiger partial charge in [0.25, 0.3) is 0 Å². The van der Waals surface area contributed by atoms with E-state index in [9.17, 15) is 0 Å². The molecule has 1 atom stereocenters. The summed E-state index contributed by atoms with van der Waals surface area (Å²) in [6, 6.07) is 5.11. The van der Waals surface area contributed by atoms with Gasteiger partial charge in [0.1, 0.15) is 0 Å². The van der Waals surface area contributed by atoms with Gasteiger partial charge in [0.15, 0.2) is 0 Å². The van der Waals surface area contributed by atoms with Crippen LogP contribution in [0.2, 0.25) is 0 Å². The highest BCUT2D eigenvalue weighted by Gasteiger charge is 2.19.